The lowest BCUT2D eigenvalue weighted by Gasteiger charge is -2.32. The number of carboxylic acids is 1. The summed E-state index contributed by atoms with van der Waals surface area (Å²) in [6, 6.07) is 8.12. The molecule has 0 saturated heterocycles. The van der Waals surface area contributed by atoms with Crippen LogP contribution in [-0.4, -0.2) is 18.2 Å². The second-order valence-electron chi connectivity index (χ2n) is 5.21. The fourth-order valence-corrected chi connectivity index (χ4v) is 2.96. The van der Waals surface area contributed by atoms with Crippen molar-refractivity contribution in [2.24, 2.45) is 11.8 Å². The minimum atomic E-state index is -0.647. The summed E-state index contributed by atoms with van der Waals surface area (Å²) in [7, 11) is 1.67. The normalized spacial score (nSPS) is 27.8. The van der Waals surface area contributed by atoms with Crippen molar-refractivity contribution in [1.29, 1.82) is 0 Å². The molecule has 1 fully saturated rings. The van der Waals surface area contributed by atoms with Gasteiger partial charge < -0.3 is 9.84 Å². The van der Waals surface area contributed by atoms with E-state index in [4.69, 9.17) is 9.84 Å². The van der Waals surface area contributed by atoms with Gasteiger partial charge in [-0.1, -0.05) is 19.1 Å². The first kappa shape index (κ1) is 12.9. The molecular formula is C15H20O3. The van der Waals surface area contributed by atoms with E-state index in [9.17, 15) is 4.79 Å². The number of methoxy groups -OCH3 is 1. The number of benzene rings is 1. The third kappa shape index (κ3) is 2.66. The SMILES string of the molecule is COc1cccc([C@H]2CC[C@@H](C(=O)O)[C@@H](C)C2)c1. The zero-order chi connectivity index (χ0) is 13.1. The molecule has 0 bridgehead atoms. The average molecular weight is 248 g/mol. The van der Waals surface area contributed by atoms with Crippen molar-refractivity contribution in [2.75, 3.05) is 7.11 Å². The molecule has 0 amide bonds. The summed E-state index contributed by atoms with van der Waals surface area (Å²) in [5, 5.41) is 9.13. The molecule has 98 valence electrons. The van der Waals surface area contributed by atoms with Gasteiger partial charge in [-0.3, -0.25) is 4.79 Å². The molecule has 0 spiro atoms. The number of ether oxygens (including phenoxy) is 1. The van der Waals surface area contributed by atoms with Gasteiger partial charge >= 0.3 is 5.97 Å². The second kappa shape index (κ2) is 5.42. The molecular weight excluding hydrogens is 228 g/mol. The quantitative estimate of drug-likeness (QED) is 0.892. The van der Waals surface area contributed by atoms with Crippen molar-refractivity contribution in [3.8, 4) is 5.75 Å². The Kier molecular flexibility index (Phi) is 3.90. The first-order chi connectivity index (χ1) is 8.61. The van der Waals surface area contributed by atoms with Crippen molar-refractivity contribution < 1.29 is 14.6 Å². The van der Waals surface area contributed by atoms with Gasteiger partial charge in [0.2, 0.25) is 0 Å². The molecule has 1 aliphatic rings. The minimum Gasteiger partial charge on any atom is -0.497 e. The van der Waals surface area contributed by atoms with Crippen LogP contribution < -0.4 is 4.74 Å². The van der Waals surface area contributed by atoms with Gasteiger partial charge in [-0.05, 0) is 48.8 Å². The van der Waals surface area contributed by atoms with Crippen molar-refractivity contribution >= 4 is 5.97 Å². The molecule has 3 atom stereocenters. The Morgan fingerprint density at radius 3 is 2.78 bits per heavy atom. The average Bonchev–Trinajstić information content (AvgIpc) is 2.38. The number of hydrogen-bond acceptors (Lipinski definition) is 2. The Labute approximate surface area is 108 Å². The van der Waals surface area contributed by atoms with Crippen LogP contribution in [0.25, 0.3) is 0 Å². The molecule has 3 nitrogen and oxygen atoms in total. The highest BCUT2D eigenvalue weighted by Gasteiger charge is 2.32. The Bertz CT molecular complexity index is 428. The lowest BCUT2D eigenvalue weighted by Crippen LogP contribution is -2.28. The summed E-state index contributed by atoms with van der Waals surface area (Å²) in [4.78, 5) is 11.1. The van der Waals surface area contributed by atoms with Crippen LogP contribution in [0.4, 0.5) is 0 Å². The van der Waals surface area contributed by atoms with Crippen LogP contribution in [0.5, 0.6) is 5.75 Å². The summed E-state index contributed by atoms with van der Waals surface area (Å²) in [5.74, 6) is 0.761. The van der Waals surface area contributed by atoms with Crippen molar-refractivity contribution in [3.63, 3.8) is 0 Å². The van der Waals surface area contributed by atoms with Crippen LogP contribution in [-0.2, 0) is 4.79 Å². The standard InChI is InChI=1S/C15H20O3/c1-10-8-12(6-7-14(10)15(16)17)11-4-3-5-13(9-11)18-2/h3-5,9-10,12,14H,6-8H2,1-2H3,(H,16,17)/t10-,12-,14+/m0/s1. The zero-order valence-electron chi connectivity index (χ0n) is 10.9. The molecule has 0 aromatic heterocycles. The molecule has 1 N–H and O–H groups in total. The van der Waals surface area contributed by atoms with Crippen LogP contribution in [0.3, 0.4) is 0 Å². The van der Waals surface area contributed by atoms with Gasteiger partial charge in [0.15, 0.2) is 0 Å². The fourth-order valence-electron chi connectivity index (χ4n) is 2.96. The van der Waals surface area contributed by atoms with Gasteiger partial charge in [0.05, 0.1) is 13.0 Å². The van der Waals surface area contributed by atoms with E-state index < -0.39 is 5.97 Å². The van der Waals surface area contributed by atoms with Crippen molar-refractivity contribution in [2.45, 2.75) is 32.1 Å². The lowest BCUT2D eigenvalue weighted by atomic mass is 9.72. The summed E-state index contributed by atoms with van der Waals surface area (Å²) in [6.07, 6.45) is 2.68. The van der Waals surface area contributed by atoms with Crippen LogP contribution >= 0.6 is 0 Å². The van der Waals surface area contributed by atoms with E-state index in [1.54, 1.807) is 7.11 Å². The molecule has 2 rings (SSSR count). The number of hydrogen-bond donors (Lipinski definition) is 1. The maximum absolute atomic E-state index is 11.1. The van der Waals surface area contributed by atoms with Crippen LogP contribution in [0, 0.1) is 11.8 Å². The first-order valence-electron chi connectivity index (χ1n) is 6.48. The zero-order valence-corrected chi connectivity index (χ0v) is 10.9. The predicted octanol–water partition coefficient (Wildman–Crippen LogP) is 3.30. The predicted molar refractivity (Wildman–Crippen MR) is 69.9 cm³/mol. The third-order valence-corrected chi connectivity index (χ3v) is 4.05. The molecule has 1 aliphatic carbocycles. The van der Waals surface area contributed by atoms with Gasteiger partial charge in [0.25, 0.3) is 0 Å². The molecule has 1 aromatic rings. The molecule has 3 heteroatoms. The van der Waals surface area contributed by atoms with Gasteiger partial charge in [-0.25, -0.2) is 0 Å². The number of carboxylic acid groups (broad SMARTS) is 1. The van der Waals surface area contributed by atoms with Gasteiger partial charge in [-0.15, -0.1) is 0 Å². The van der Waals surface area contributed by atoms with E-state index in [-0.39, 0.29) is 11.8 Å². The molecule has 1 aromatic carbocycles. The summed E-state index contributed by atoms with van der Waals surface area (Å²) >= 11 is 0. The van der Waals surface area contributed by atoms with E-state index in [1.165, 1.54) is 5.56 Å². The number of rotatable bonds is 3. The largest absolute Gasteiger partial charge is 0.497 e. The number of carbonyl (C=O) groups is 1. The van der Waals surface area contributed by atoms with Gasteiger partial charge in [0.1, 0.15) is 5.75 Å². The Balaban J connectivity index is 2.09. The maximum atomic E-state index is 11.1. The first-order valence-corrected chi connectivity index (χ1v) is 6.48. The Morgan fingerprint density at radius 2 is 2.17 bits per heavy atom. The monoisotopic (exact) mass is 248 g/mol. The molecule has 0 heterocycles. The van der Waals surface area contributed by atoms with E-state index >= 15 is 0 Å². The van der Waals surface area contributed by atoms with Gasteiger partial charge in [-0.2, -0.15) is 0 Å². The van der Waals surface area contributed by atoms with Crippen molar-refractivity contribution in [3.05, 3.63) is 29.8 Å². The van der Waals surface area contributed by atoms with E-state index in [1.807, 2.05) is 19.1 Å². The molecule has 0 aliphatic heterocycles. The fraction of sp³-hybridized carbons (Fsp3) is 0.533. The van der Waals surface area contributed by atoms with Crippen LogP contribution in [0.2, 0.25) is 0 Å². The van der Waals surface area contributed by atoms with E-state index in [2.05, 4.69) is 12.1 Å². The Morgan fingerprint density at radius 1 is 1.39 bits per heavy atom. The summed E-state index contributed by atoms with van der Waals surface area (Å²) < 4.78 is 5.24. The Hall–Kier alpha value is -1.51. The highest BCUT2D eigenvalue weighted by Crippen LogP contribution is 2.40. The third-order valence-electron chi connectivity index (χ3n) is 4.05. The van der Waals surface area contributed by atoms with Gasteiger partial charge in [0, 0.05) is 0 Å². The molecule has 18 heavy (non-hydrogen) atoms. The molecule has 1 saturated carbocycles. The minimum absolute atomic E-state index is 0.174. The van der Waals surface area contributed by atoms with Crippen molar-refractivity contribution in [1.82, 2.24) is 0 Å². The maximum Gasteiger partial charge on any atom is 0.306 e. The molecule has 0 unspecified atom stereocenters. The summed E-state index contributed by atoms with van der Waals surface area (Å²) in [6.45, 7) is 2.05. The number of aliphatic carboxylic acids is 1. The van der Waals surface area contributed by atoms with Crippen LogP contribution in [0.15, 0.2) is 24.3 Å². The highest BCUT2D eigenvalue weighted by atomic mass is 16.5. The van der Waals surface area contributed by atoms with E-state index in [0.717, 1.165) is 25.0 Å². The topological polar surface area (TPSA) is 46.5 Å². The van der Waals surface area contributed by atoms with Crippen LogP contribution in [0.1, 0.15) is 37.7 Å². The summed E-state index contributed by atoms with van der Waals surface area (Å²) in [5.41, 5.74) is 1.27. The highest BCUT2D eigenvalue weighted by molar-refractivity contribution is 5.70. The molecule has 0 radical (unpaired) electrons. The second-order valence-corrected chi connectivity index (χ2v) is 5.21. The smallest absolute Gasteiger partial charge is 0.306 e. The lowest BCUT2D eigenvalue weighted by molar-refractivity contribution is -0.144. The van der Waals surface area contributed by atoms with E-state index in [0.29, 0.717) is 5.92 Å².